The van der Waals surface area contributed by atoms with E-state index in [1.165, 1.54) is 27.7 Å². The van der Waals surface area contributed by atoms with Crippen molar-refractivity contribution in [1.82, 2.24) is 9.97 Å². The Bertz CT molecular complexity index is 1100. The van der Waals surface area contributed by atoms with Crippen LogP contribution >= 0.6 is 0 Å². The zero-order valence-corrected chi connectivity index (χ0v) is 20.3. The maximum absolute atomic E-state index is 11.8. The first-order valence-corrected chi connectivity index (χ1v) is 11.0. The first kappa shape index (κ1) is 25.3. The molecule has 0 spiro atoms. The highest BCUT2D eigenvalue weighted by Crippen LogP contribution is 2.38. The molecule has 11 nitrogen and oxygen atoms in total. The topological polar surface area (TPSA) is 124 Å². The summed E-state index contributed by atoms with van der Waals surface area (Å²) in [6, 6.07) is 13.6. The molecule has 0 bridgehead atoms. The number of nitro groups is 1. The Hall–Kier alpha value is -4.28. The van der Waals surface area contributed by atoms with Gasteiger partial charge in [0.2, 0.25) is 17.4 Å². The fourth-order valence-electron chi connectivity index (χ4n) is 3.57. The lowest BCUT2D eigenvalue weighted by molar-refractivity contribution is -0.383. The number of methoxy groups -OCH3 is 3. The van der Waals surface area contributed by atoms with Gasteiger partial charge in [0.15, 0.2) is 11.5 Å². The molecule has 0 fully saturated rings. The SMILES string of the molecule is COc1cc(CNc2ncnc(NCCCN(C)c3ccccc3)c2[N+](=O)[O-])cc(OC)c1OC. The van der Waals surface area contributed by atoms with Crippen LogP contribution in [-0.2, 0) is 6.54 Å². The van der Waals surface area contributed by atoms with Gasteiger partial charge in [-0.15, -0.1) is 0 Å². The average Bonchev–Trinajstić information content (AvgIpc) is 2.89. The minimum absolute atomic E-state index is 0.114. The maximum atomic E-state index is 11.8. The Kier molecular flexibility index (Phi) is 8.88. The summed E-state index contributed by atoms with van der Waals surface area (Å²) < 4.78 is 16.1. The van der Waals surface area contributed by atoms with Crippen molar-refractivity contribution in [3.63, 3.8) is 0 Å². The summed E-state index contributed by atoms with van der Waals surface area (Å²) in [5.74, 6) is 1.73. The summed E-state index contributed by atoms with van der Waals surface area (Å²) in [6.07, 6.45) is 2.06. The number of nitrogens with one attached hydrogen (secondary N) is 2. The molecule has 0 saturated carbocycles. The van der Waals surface area contributed by atoms with Crippen molar-refractivity contribution in [2.45, 2.75) is 13.0 Å². The first-order valence-electron chi connectivity index (χ1n) is 11.0. The van der Waals surface area contributed by atoms with Crippen LogP contribution in [0, 0.1) is 10.1 Å². The van der Waals surface area contributed by atoms with Gasteiger partial charge in [0.25, 0.3) is 0 Å². The summed E-state index contributed by atoms with van der Waals surface area (Å²) in [5.41, 5.74) is 1.67. The average molecular weight is 483 g/mol. The zero-order valence-electron chi connectivity index (χ0n) is 20.3. The molecule has 0 unspecified atom stereocenters. The van der Waals surface area contributed by atoms with Crippen LogP contribution in [0.1, 0.15) is 12.0 Å². The number of nitrogens with zero attached hydrogens (tertiary/aromatic N) is 4. The molecule has 2 aromatic carbocycles. The smallest absolute Gasteiger partial charge is 0.353 e. The molecule has 0 amide bonds. The van der Waals surface area contributed by atoms with Crippen LogP contribution in [0.25, 0.3) is 0 Å². The second-order valence-electron chi connectivity index (χ2n) is 7.60. The van der Waals surface area contributed by atoms with Gasteiger partial charge in [-0.05, 0) is 36.2 Å². The predicted octanol–water partition coefficient (Wildman–Crippen LogP) is 3.96. The molecule has 1 aromatic heterocycles. The van der Waals surface area contributed by atoms with E-state index in [0.29, 0.717) is 23.8 Å². The third-order valence-electron chi connectivity index (χ3n) is 5.35. The minimum atomic E-state index is -0.490. The van der Waals surface area contributed by atoms with Gasteiger partial charge in [-0.3, -0.25) is 10.1 Å². The molecule has 3 aromatic rings. The molecule has 186 valence electrons. The van der Waals surface area contributed by atoms with Crippen LogP contribution in [0.5, 0.6) is 17.2 Å². The van der Waals surface area contributed by atoms with E-state index < -0.39 is 4.92 Å². The van der Waals surface area contributed by atoms with Gasteiger partial charge < -0.3 is 29.7 Å². The van der Waals surface area contributed by atoms with E-state index >= 15 is 0 Å². The van der Waals surface area contributed by atoms with E-state index in [2.05, 4.69) is 25.5 Å². The largest absolute Gasteiger partial charge is 0.493 e. The van der Waals surface area contributed by atoms with Crippen LogP contribution in [0.15, 0.2) is 48.8 Å². The van der Waals surface area contributed by atoms with Crippen LogP contribution in [0.2, 0.25) is 0 Å². The Morgan fingerprint density at radius 2 is 1.60 bits per heavy atom. The van der Waals surface area contributed by atoms with Crippen LogP contribution in [-0.4, -0.2) is 56.4 Å². The molecular weight excluding hydrogens is 452 g/mol. The predicted molar refractivity (Wildman–Crippen MR) is 135 cm³/mol. The Balaban J connectivity index is 1.67. The highest BCUT2D eigenvalue weighted by Gasteiger charge is 2.23. The fraction of sp³-hybridized carbons (Fsp3) is 0.333. The first-order chi connectivity index (χ1) is 17.0. The van der Waals surface area contributed by atoms with Crippen molar-refractivity contribution < 1.29 is 19.1 Å². The Labute approximate surface area is 204 Å². The summed E-state index contributed by atoms with van der Waals surface area (Å²) in [4.78, 5) is 21.7. The van der Waals surface area contributed by atoms with Gasteiger partial charge in [0.05, 0.1) is 26.3 Å². The van der Waals surface area contributed by atoms with Gasteiger partial charge in [0, 0.05) is 32.4 Å². The van der Waals surface area contributed by atoms with Gasteiger partial charge in [-0.25, -0.2) is 9.97 Å². The quantitative estimate of drug-likeness (QED) is 0.210. The number of benzene rings is 2. The Morgan fingerprint density at radius 3 is 2.17 bits per heavy atom. The zero-order chi connectivity index (χ0) is 25.2. The van der Waals surface area contributed by atoms with E-state index in [0.717, 1.165) is 24.2 Å². The normalized spacial score (nSPS) is 10.4. The number of para-hydroxylation sites is 1. The van der Waals surface area contributed by atoms with Crippen LogP contribution in [0.3, 0.4) is 0 Å². The molecule has 0 saturated heterocycles. The molecular formula is C24H30N6O5. The highest BCUT2D eigenvalue weighted by atomic mass is 16.6. The van der Waals surface area contributed by atoms with Crippen molar-refractivity contribution in [2.24, 2.45) is 0 Å². The molecule has 2 N–H and O–H groups in total. The minimum Gasteiger partial charge on any atom is -0.493 e. The van der Waals surface area contributed by atoms with E-state index in [-0.39, 0.29) is 23.9 Å². The summed E-state index contributed by atoms with van der Waals surface area (Å²) in [5, 5.41) is 17.9. The number of hydrogen-bond donors (Lipinski definition) is 2. The van der Waals surface area contributed by atoms with E-state index in [4.69, 9.17) is 14.2 Å². The van der Waals surface area contributed by atoms with E-state index in [9.17, 15) is 10.1 Å². The second kappa shape index (κ2) is 12.3. The standard InChI is InChI=1S/C24H30N6O5/c1-29(18-9-6-5-7-10-18)12-8-11-25-23-21(30(31)32)24(28-16-27-23)26-15-17-13-19(33-2)22(35-4)20(14-17)34-3/h5-7,9-10,13-14,16H,8,11-12,15H2,1-4H3,(H2,25,26,27,28). The number of ether oxygens (including phenoxy) is 3. The Morgan fingerprint density at radius 1 is 0.971 bits per heavy atom. The number of hydrogen-bond acceptors (Lipinski definition) is 10. The molecule has 11 heteroatoms. The van der Waals surface area contributed by atoms with Gasteiger partial charge >= 0.3 is 5.69 Å². The highest BCUT2D eigenvalue weighted by molar-refractivity contribution is 5.69. The lowest BCUT2D eigenvalue weighted by Gasteiger charge is -2.19. The lowest BCUT2D eigenvalue weighted by Crippen LogP contribution is -2.21. The van der Waals surface area contributed by atoms with E-state index in [1.54, 1.807) is 12.1 Å². The van der Waals surface area contributed by atoms with Gasteiger partial charge in [-0.1, -0.05) is 18.2 Å². The molecule has 0 radical (unpaired) electrons. The number of aromatic nitrogens is 2. The molecule has 0 aliphatic carbocycles. The second-order valence-corrected chi connectivity index (χ2v) is 7.60. The molecule has 0 atom stereocenters. The summed E-state index contributed by atoms with van der Waals surface area (Å²) in [7, 11) is 6.59. The van der Waals surface area contributed by atoms with Gasteiger partial charge in [0.1, 0.15) is 6.33 Å². The molecule has 0 aliphatic heterocycles. The van der Waals surface area contributed by atoms with Crippen molar-refractivity contribution >= 4 is 23.0 Å². The van der Waals surface area contributed by atoms with Gasteiger partial charge in [-0.2, -0.15) is 0 Å². The number of rotatable bonds is 13. The molecule has 0 aliphatic rings. The van der Waals surface area contributed by atoms with Crippen molar-refractivity contribution in [3.8, 4) is 17.2 Å². The summed E-state index contributed by atoms with van der Waals surface area (Å²) >= 11 is 0. The molecule has 35 heavy (non-hydrogen) atoms. The van der Waals surface area contributed by atoms with Crippen LogP contribution < -0.4 is 29.7 Å². The third kappa shape index (κ3) is 6.40. The third-order valence-corrected chi connectivity index (χ3v) is 5.35. The summed E-state index contributed by atoms with van der Waals surface area (Å²) in [6.45, 7) is 1.54. The fourth-order valence-corrected chi connectivity index (χ4v) is 3.57. The van der Waals surface area contributed by atoms with Crippen molar-refractivity contribution in [1.29, 1.82) is 0 Å². The monoisotopic (exact) mass is 482 g/mol. The molecule has 1 heterocycles. The molecule has 3 rings (SSSR count). The number of anilines is 3. The van der Waals surface area contributed by atoms with E-state index in [1.807, 2.05) is 37.4 Å². The van der Waals surface area contributed by atoms with Crippen molar-refractivity contribution in [2.75, 3.05) is 57.0 Å². The van der Waals surface area contributed by atoms with Crippen LogP contribution in [0.4, 0.5) is 23.0 Å². The lowest BCUT2D eigenvalue weighted by atomic mass is 10.1. The van der Waals surface area contributed by atoms with Crippen molar-refractivity contribution in [3.05, 3.63) is 64.5 Å². The maximum Gasteiger partial charge on any atom is 0.353 e.